The number of hydrogen-bond donors (Lipinski definition) is 0. The molecule has 0 saturated heterocycles. The molecule has 0 aliphatic rings. The van der Waals surface area contributed by atoms with Gasteiger partial charge < -0.3 is 4.74 Å². The second kappa shape index (κ2) is 8.40. The van der Waals surface area contributed by atoms with Gasteiger partial charge in [0.25, 0.3) is 0 Å². The minimum atomic E-state index is -0.463. The van der Waals surface area contributed by atoms with Crippen LogP contribution >= 0.6 is 11.6 Å². The van der Waals surface area contributed by atoms with Gasteiger partial charge in [0, 0.05) is 5.57 Å². The highest BCUT2D eigenvalue weighted by Gasteiger charge is 2.15. The Morgan fingerprint density at radius 2 is 2.00 bits per heavy atom. The van der Waals surface area contributed by atoms with Crippen molar-refractivity contribution < 1.29 is 9.53 Å². The summed E-state index contributed by atoms with van der Waals surface area (Å²) in [5.41, 5.74) is 0.477. The van der Waals surface area contributed by atoms with Gasteiger partial charge in [-0.2, -0.15) is 0 Å². The van der Waals surface area contributed by atoms with Crippen LogP contribution < -0.4 is 0 Å². The molecule has 2 nitrogen and oxygen atoms in total. The first-order valence-corrected chi connectivity index (χ1v) is 6.13. The molecule has 0 N–H and O–H groups in total. The van der Waals surface area contributed by atoms with Crippen molar-refractivity contribution in [1.29, 1.82) is 0 Å². The van der Waals surface area contributed by atoms with E-state index in [1.54, 1.807) is 0 Å². The number of unbranched alkanes of at least 4 members (excludes halogenated alkanes) is 1. The predicted molar refractivity (Wildman–Crippen MR) is 68.1 cm³/mol. The molecule has 92 valence electrons. The molecule has 0 radical (unpaired) electrons. The fourth-order valence-corrected chi connectivity index (χ4v) is 1.62. The van der Waals surface area contributed by atoms with Gasteiger partial charge in [-0.25, -0.2) is 4.79 Å². The molecule has 1 atom stereocenters. The normalized spacial score (nSPS) is 11.9. The highest BCUT2D eigenvalue weighted by atomic mass is 35.5. The van der Waals surface area contributed by atoms with Gasteiger partial charge in [0.05, 0.1) is 0 Å². The molecule has 0 aliphatic heterocycles. The number of halogens is 1. The van der Waals surface area contributed by atoms with Crippen LogP contribution in [0.1, 0.15) is 46.0 Å². The molecule has 0 saturated carbocycles. The van der Waals surface area contributed by atoms with E-state index in [0.717, 1.165) is 12.8 Å². The van der Waals surface area contributed by atoms with Crippen LogP contribution in [0.5, 0.6) is 0 Å². The molecule has 0 fully saturated rings. The van der Waals surface area contributed by atoms with Gasteiger partial charge in [0.15, 0.2) is 5.22 Å². The number of hydrogen-bond acceptors (Lipinski definition) is 2. The summed E-state index contributed by atoms with van der Waals surface area (Å²) in [6, 6.07) is 0. The van der Waals surface area contributed by atoms with Crippen LogP contribution in [0.4, 0.5) is 0 Å². The molecule has 0 aromatic carbocycles. The van der Waals surface area contributed by atoms with Crippen LogP contribution in [0, 0.1) is 5.92 Å². The van der Waals surface area contributed by atoms with Crippen LogP contribution in [-0.2, 0) is 9.53 Å². The Labute approximate surface area is 103 Å². The summed E-state index contributed by atoms with van der Waals surface area (Å²) in [7, 11) is 0. The van der Waals surface area contributed by atoms with Crippen molar-refractivity contribution in [3.8, 4) is 0 Å². The quantitative estimate of drug-likeness (QED) is 0.359. The third kappa shape index (κ3) is 6.67. The Bertz CT molecular complexity index is 259. The van der Waals surface area contributed by atoms with E-state index in [2.05, 4.69) is 27.0 Å². The van der Waals surface area contributed by atoms with E-state index in [1.165, 1.54) is 12.8 Å². The molecule has 0 spiro atoms. The Morgan fingerprint density at radius 3 is 2.44 bits per heavy atom. The number of rotatable bonds is 8. The third-order valence-electron chi connectivity index (χ3n) is 2.57. The van der Waals surface area contributed by atoms with Gasteiger partial charge in [-0.3, -0.25) is 0 Å². The van der Waals surface area contributed by atoms with Crippen molar-refractivity contribution in [3.63, 3.8) is 0 Å². The molecule has 0 amide bonds. The highest BCUT2D eigenvalue weighted by molar-refractivity contribution is 6.28. The van der Waals surface area contributed by atoms with E-state index in [4.69, 9.17) is 16.3 Å². The van der Waals surface area contributed by atoms with E-state index in [0.29, 0.717) is 17.9 Å². The van der Waals surface area contributed by atoms with Gasteiger partial charge in [-0.1, -0.05) is 46.1 Å². The summed E-state index contributed by atoms with van der Waals surface area (Å²) >= 11 is 5.39. The second-order valence-electron chi connectivity index (χ2n) is 3.97. The summed E-state index contributed by atoms with van der Waals surface area (Å²) in [6.07, 6.45) is 5.21. The van der Waals surface area contributed by atoms with Gasteiger partial charge in [0.2, 0.25) is 0 Å². The molecule has 0 bridgehead atoms. The van der Waals surface area contributed by atoms with Crippen molar-refractivity contribution in [2.75, 3.05) is 0 Å². The maximum absolute atomic E-state index is 11.4. The van der Waals surface area contributed by atoms with Crippen LogP contribution in [0.3, 0.4) is 0 Å². The maximum Gasteiger partial charge on any atom is 0.339 e. The molecule has 0 aliphatic carbocycles. The third-order valence-corrected chi connectivity index (χ3v) is 2.65. The maximum atomic E-state index is 11.4. The lowest BCUT2D eigenvalue weighted by Gasteiger charge is -2.14. The molecule has 0 aromatic rings. The van der Waals surface area contributed by atoms with Crippen LogP contribution in [0.15, 0.2) is 23.9 Å². The van der Waals surface area contributed by atoms with Crippen LogP contribution in [-0.4, -0.2) is 5.97 Å². The van der Waals surface area contributed by atoms with E-state index >= 15 is 0 Å². The second-order valence-corrected chi connectivity index (χ2v) is 4.39. The Hall–Kier alpha value is -0.760. The van der Waals surface area contributed by atoms with Crippen LogP contribution in [0.25, 0.3) is 0 Å². The van der Waals surface area contributed by atoms with Crippen molar-refractivity contribution in [3.05, 3.63) is 23.9 Å². The Kier molecular flexibility index (Phi) is 8.00. The first kappa shape index (κ1) is 15.2. The number of carbonyl (C=O) groups is 1. The summed E-state index contributed by atoms with van der Waals surface area (Å²) in [5, 5.41) is -0.104. The topological polar surface area (TPSA) is 26.3 Å². The lowest BCUT2D eigenvalue weighted by molar-refractivity contribution is -0.134. The van der Waals surface area contributed by atoms with Crippen molar-refractivity contribution in [2.45, 2.75) is 46.0 Å². The first-order chi connectivity index (χ1) is 7.51. The molecule has 0 heterocycles. The van der Waals surface area contributed by atoms with Crippen LogP contribution in [0.2, 0.25) is 0 Å². The van der Waals surface area contributed by atoms with Gasteiger partial charge >= 0.3 is 5.97 Å². The first-order valence-electron chi connectivity index (χ1n) is 5.75. The monoisotopic (exact) mass is 244 g/mol. The van der Waals surface area contributed by atoms with E-state index < -0.39 is 5.97 Å². The SMILES string of the molecule is C=C(Cl)OC(=O)C(=C)CC(CC)CCCC. The molecule has 0 aromatic heterocycles. The predicted octanol–water partition coefficient (Wildman–Crippen LogP) is 4.40. The summed E-state index contributed by atoms with van der Waals surface area (Å²) in [4.78, 5) is 11.4. The lowest BCUT2D eigenvalue weighted by Crippen LogP contribution is -2.09. The summed E-state index contributed by atoms with van der Waals surface area (Å²) in [6.45, 7) is 11.3. The summed E-state index contributed by atoms with van der Waals surface area (Å²) < 4.78 is 4.69. The largest absolute Gasteiger partial charge is 0.411 e. The Morgan fingerprint density at radius 1 is 1.38 bits per heavy atom. The number of esters is 1. The zero-order valence-electron chi connectivity index (χ0n) is 10.2. The number of ether oxygens (including phenoxy) is 1. The molecule has 0 rings (SSSR count). The lowest BCUT2D eigenvalue weighted by atomic mass is 9.92. The van der Waals surface area contributed by atoms with Gasteiger partial charge in [0.1, 0.15) is 0 Å². The van der Waals surface area contributed by atoms with Gasteiger partial charge in [-0.05, 0) is 30.5 Å². The highest BCUT2D eigenvalue weighted by Crippen LogP contribution is 2.21. The average molecular weight is 245 g/mol. The van der Waals surface area contributed by atoms with E-state index in [9.17, 15) is 4.79 Å². The van der Waals surface area contributed by atoms with E-state index in [-0.39, 0.29) is 5.22 Å². The minimum Gasteiger partial charge on any atom is -0.411 e. The summed E-state index contributed by atoms with van der Waals surface area (Å²) in [5.74, 6) is 0.0403. The van der Waals surface area contributed by atoms with E-state index in [1.807, 2.05) is 0 Å². The van der Waals surface area contributed by atoms with Crippen molar-refractivity contribution in [1.82, 2.24) is 0 Å². The molecular weight excluding hydrogens is 224 g/mol. The molecular formula is C13H21ClO2. The van der Waals surface area contributed by atoms with Crippen molar-refractivity contribution in [2.24, 2.45) is 5.92 Å². The molecule has 16 heavy (non-hydrogen) atoms. The molecule has 1 unspecified atom stereocenters. The fraction of sp³-hybridized carbons (Fsp3) is 0.615. The zero-order valence-corrected chi connectivity index (χ0v) is 11.0. The number of carbonyl (C=O) groups excluding carboxylic acids is 1. The standard InChI is InChI=1S/C13H21ClO2/c1-5-7-8-12(6-2)9-10(3)13(15)16-11(4)14/h12H,3-9H2,1-2H3. The fourth-order valence-electron chi connectivity index (χ4n) is 1.55. The Balaban J connectivity index is 4.08. The van der Waals surface area contributed by atoms with Gasteiger partial charge in [-0.15, -0.1) is 0 Å². The average Bonchev–Trinajstić information content (AvgIpc) is 2.22. The van der Waals surface area contributed by atoms with Crippen molar-refractivity contribution >= 4 is 17.6 Å². The minimum absolute atomic E-state index is 0.104. The molecule has 3 heteroatoms. The zero-order chi connectivity index (χ0) is 12.6. The smallest absolute Gasteiger partial charge is 0.339 e.